The molecule has 1 unspecified atom stereocenters. The van der Waals surface area contributed by atoms with Crippen molar-refractivity contribution in [1.29, 1.82) is 0 Å². The van der Waals surface area contributed by atoms with Gasteiger partial charge in [-0.3, -0.25) is 9.59 Å². The van der Waals surface area contributed by atoms with Crippen LogP contribution in [0.5, 0.6) is 0 Å². The fraction of sp³-hybridized carbons (Fsp3) is 0.692. The number of carbonyl (C=O) groups excluding carboxylic acids is 2. The van der Waals surface area contributed by atoms with Gasteiger partial charge in [0.15, 0.2) is 5.58 Å². The Morgan fingerprint density at radius 3 is 2.48 bits per heavy atom. The van der Waals surface area contributed by atoms with Gasteiger partial charge < -0.3 is 24.1 Å². The first kappa shape index (κ1) is 22.5. The molecular formula is C26H38N4O3. The number of furan rings is 1. The maximum absolute atomic E-state index is 13.8. The molecule has 1 atom stereocenters. The van der Waals surface area contributed by atoms with Gasteiger partial charge in [0, 0.05) is 31.3 Å². The zero-order valence-electron chi connectivity index (χ0n) is 20.0. The van der Waals surface area contributed by atoms with E-state index >= 15 is 0 Å². The maximum Gasteiger partial charge on any atom is 0.271 e. The first-order valence-corrected chi connectivity index (χ1v) is 13.0. The van der Waals surface area contributed by atoms with Crippen LogP contribution in [0.25, 0.3) is 11.1 Å². The van der Waals surface area contributed by atoms with Crippen molar-refractivity contribution in [2.75, 3.05) is 26.2 Å². The van der Waals surface area contributed by atoms with Crippen molar-refractivity contribution >= 4 is 22.9 Å². The summed E-state index contributed by atoms with van der Waals surface area (Å²) in [6.45, 7) is 5.95. The van der Waals surface area contributed by atoms with E-state index in [0.717, 1.165) is 50.8 Å². The molecule has 0 radical (unpaired) electrons. The number of carbonyl (C=O) groups is 2. The number of likely N-dealkylation sites (tertiary alicyclic amines) is 1. The molecule has 2 amide bonds. The normalized spacial score (nSPS) is 25.6. The third-order valence-corrected chi connectivity index (χ3v) is 8.07. The molecule has 1 saturated heterocycles. The van der Waals surface area contributed by atoms with E-state index in [1.807, 2.05) is 28.5 Å². The third-order valence-electron chi connectivity index (χ3n) is 8.07. The predicted molar refractivity (Wildman–Crippen MR) is 128 cm³/mol. The van der Waals surface area contributed by atoms with Gasteiger partial charge in [-0.2, -0.15) is 0 Å². The second-order valence-corrected chi connectivity index (χ2v) is 10.4. The Morgan fingerprint density at radius 1 is 1.06 bits per heavy atom. The minimum atomic E-state index is -0.925. The molecule has 180 valence electrons. The second-order valence-electron chi connectivity index (χ2n) is 10.4. The van der Waals surface area contributed by atoms with Crippen LogP contribution in [0, 0.1) is 0 Å². The number of hydrogen-bond donors (Lipinski definition) is 1. The highest BCUT2D eigenvalue weighted by molar-refractivity contribution is 6.02. The Labute approximate surface area is 196 Å². The van der Waals surface area contributed by atoms with E-state index < -0.39 is 5.54 Å². The molecule has 7 nitrogen and oxygen atoms in total. The highest BCUT2D eigenvalue weighted by Gasteiger charge is 2.48. The fourth-order valence-electron chi connectivity index (χ4n) is 5.99. The number of nitrogens with one attached hydrogen (secondary N) is 1. The summed E-state index contributed by atoms with van der Waals surface area (Å²) in [5.74, 6) is -0.0874. The lowest BCUT2D eigenvalue weighted by Crippen LogP contribution is -2.65. The standard InChI is InChI=1S/C26H38N4O3/c1-26(25(32)27-20-10-6-2-3-7-11-20)19-29-21-12-17-33-23(21)18-22(29)24(31)30(26)16-15-28-13-8-4-5-9-14-28/h12,17-18,20H,2-11,13-16,19H2,1H3,(H,27,32). The Bertz CT molecular complexity index is 979. The number of nitrogens with zero attached hydrogens (tertiary/aromatic N) is 3. The number of hydrogen-bond acceptors (Lipinski definition) is 4. The average molecular weight is 455 g/mol. The average Bonchev–Trinajstić information content (AvgIpc) is 3.15. The molecule has 0 bridgehead atoms. The lowest BCUT2D eigenvalue weighted by molar-refractivity contribution is -0.133. The summed E-state index contributed by atoms with van der Waals surface area (Å²) in [5.41, 5.74) is 1.30. The molecule has 33 heavy (non-hydrogen) atoms. The van der Waals surface area contributed by atoms with Gasteiger partial charge >= 0.3 is 0 Å². The molecule has 2 aromatic heterocycles. The summed E-state index contributed by atoms with van der Waals surface area (Å²) in [6, 6.07) is 3.93. The van der Waals surface area contributed by atoms with Gasteiger partial charge in [-0.1, -0.05) is 38.5 Å². The van der Waals surface area contributed by atoms with E-state index in [-0.39, 0.29) is 17.9 Å². The minimum Gasteiger partial charge on any atom is -0.463 e. The SMILES string of the molecule is CC1(C(=O)NC2CCCCCC2)Cn2c(cc3occc32)C(=O)N1CCN1CCCCCC1. The molecule has 3 aliphatic rings. The van der Waals surface area contributed by atoms with Crippen LogP contribution in [0.1, 0.15) is 81.6 Å². The summed E-state index contributed by atoms with van der Waals surface area (Å²) in [5, 5.41) is 3.35. The van der Waals surface area contributed by atoms with Crippen LogP contribution < -0.4 is 5.32 Å². The van der Waals surface area contributed by atoms with Crippen molar-refractivity contribution in [2.24, 2.45) is 0 Å². The zero-order chi connectivity index (χ0) is 22.8. The van der Waals surface area contributed by atoms with Gasteiger partial charge in [0.1, 0.15) is 11.2 Å². The third kappa shape index (κ3) is 4.44. The van der Waals surface area contributed by atoms with Gasteiger partial charge in [-0.25, -0.2) is 0 Å². The van der Waals surface area contributed by atoms with E-state index in [4.69, 9.17) is 4.42 Å². The molecule has 2 fully saturated rings. The first-order chi connectivity index (χ1) is 16.1. The molecule has 2 aliphatic heterocycles. The lowest BCUT2D eigenvalue weighted by Gasteiger charge is -2.45. The van der Waals surface area contributed by atoms with Crippen LogP contribution in [-0.2, 0) is 11.3 Å². The molecular weight excluding hydrogens is 416 g/mol. The van der Waals surface area contributed by atoms with E-state index in [2.05, 4.69) is 10.2 Å². The summed E-state index contributed by atoms with van der Waals surface area (Å²) < 4.78 is 7.57. The van der Waals surface area contributed by atoms with E-state index in [0.29, 0.717) is 24.4 Å². The Morgan fingerprint density at radius 2 is 1.76 bits per heavy atom. The number of amides is 2. The zero-order valence-corrected chi connectivity index (χ0v) is 20.0. The van der Waals surface area contributed by atoms with Crippen LogP contribution in [0.4, 0.5) is 0 Å². The van der Waals surface area contributed by atoms with Gasteiger partial charge in [-0.15, -0.1) is 0 Å². The summed E-state index contributed by atoms with van der Waals surface area (Å²) >= 11 is 0. The summed E-state index contributed by atoms with van der Waals surface area (Å²) in [7, 11) is 0. The number of rotatable bonds is 5. The number of aromatic nitrogens is 1. The smallest absolute Gasteiger partial charge is 0.271 e. The van der Waals surface area contributed by atoms with Crippen molar-refractivity contribution in [3.63, 3.8) is 0 Å². The fourth-order valence-corrected chi connectivity index (χ4v) is 5.99. The van der Waals surface area contributed by atoms with Crippen molar-refractivity contribution < 1.29 is 14.0 Å². The topological polar surface area (TPSA) is 70.7 Å². The molecule has 4 heterocycles. The lowest BCUT2D eigenvalue weighted by atomic mass is 9.93. The highest BCUT2D eigenvalue weighted by atomic mass is 16.3. The largest absolute Gasteiger partial charge is 0.463 e. The van der Waals surface area contributed by atoms with E-state index in [9.17, 15) is 9.59 Å². The second kappa shape index (κ2) is 9.53. The predicted octanol–water partition coefficient (Wildman–Crippen LogP) is 4.16. The monoisotopic (exact) mass is 454 g/mol. The quantitative estimate of drug-likeness (QED) is 0.689. The number of fused-ring (bicyclic) bond motifs is 3. The first-order valence-electron chi connectivity index (χ1n) is 13.0. The Kier molecular flexibility index (Phi) is 6.50. The molecule has 1 saturated carbocycles. The van der Waals surface area contributed by atoms with Crippen LogP contribution >= 0.6 is 0 Å². The molecule has 1 N–H and O–H groups in total. The molecule has 5 rings (SSSR count). The summed E-state index contributed by atoms with van der Waals surface area (Å²) in [6.07, 6.45) is 13.5. The van der Waals surface area contributed by atoms with Crippen molar-refractivity contribution in [2.45, 2.75) is 89.3 Å². The van der Waals surface area contributed by atoms with Crippen molar-refractivity contribution in [1.82, 2.24) is 19.7 Å². The van der Waals surface area contributed by atoms with Crippen molar-refractivity contribution in [3.05, 3.63) is 24.1 Å². The molecule has 0 aromatic carbocycles. The molecule has 7 heteroatoms. The van der Waals surface area contributed by atoms with Gasteiger partial charge in [0.05, 0.1) is 18.3 Å². The Balaban J connectivity index is 1.41. The molecule has 1 aliphatic carbocycles. The van der Waals surface area contributed by atoms with Crippen LogP contribution in [0.3, 0.4) is 0 Å². The van der Waals surface area contributed by atoms with Gasteiger partial charge in [0.2, 0.25) is 5.91 Å². The van der Waals surface area contributed by atoms with E-state index in [1.165, 1.54) is 38.5 Å². The molecule has 0 spiro atoms. The molecule has 2 aromatic rings. The van der Waals surface area contributed by atoms with Crippen molar-refractivity contribution in [3.8, 4) is 0 Å². The van der Waals surface area contributed by atoms with Gasteiger partial charge in [-0.05, 0) is 45.7 Å². The van der Waals surface area contributed by atoms with Crippen LogP contribution in [0.2, 0.25) is 0 Å². The minimum absolute atomic E-state index is 0.0189. The summed E-state index contributed by atoms with van der Waals surface area (Å²) in [4.78, 5) is 31.9. The maximum atomic E-state index is 13.8. The Hall–Kier alpha value is -2.28. The van der Waals surface area contributed by atoms with E-state index in [1.54, 1.807) is 6.26 Å². The van der Waals surface area contributed by atoms with Gasteiger partial charge in [0.25, 0.3) is 5.91 Å². The highest BCUT2D eigenvalue weighted by Crippen LogP contribution is 2.33. The van der Waals surface area contributed by atoms with Crippen LogP contribution in [-0.4, -0.2) is 63.9 Å². The van der Waals surface area contributed by atoms with Crippen LogP contribution in [0.15, 0.2) is 22.8 Å².